The molecule has 1 unspecified atom stereocenters. The van der Waals surface area contributed by atoms with Gasteiger partial charge in [-0.1, -0.05) is 161 Å². The lowest BCUT2D eigenvalue weighted by Crippen LogP contribution is -2.31. The fourth-order valence-electron chi connectivity index (χ4n) is 8.68. The Hall–Kier alpha value is -1.67. The smallest absolute Gasteiger partial charge is 0.305 e. The van der Waals surface area contributed by atoms with Crippen LogP contribution in [0.2, 0.25) is 0 Å². The van der Waals surface area contributed by atoms with Crippen LogP contribution in [0.1, 0.15) is 265 Å². The molecule has 0 aromatic rings. The van der Waals surface area contributed by atoms with Crippen molar-refractivity contribution in [3.63, 3.8) is 0 Å². The number of aliphatic hydroxyl groups is 1. The normalized spacial score (nSPS) is 12.8. The zero-order chi connectivity index (χ0) is 47.4. The Bertz CT molecular complexity index is 973. The van der Waals surface area contributed by atoms with E-state index in [1.165, 1.54) is 161 Å². The molecule has 7 heteroatoms. The first-order valence-electron chi connectivity index (χ1n) is 28.3. The molecule has 1 atom stereocenters. The molecule has 0 bridgehead atoms. The summed E-state index contributed by atoms with van der Waals surface area (Å²) >= 11 is 0. The molecule has 7 nitrogen and oxygen atoms in total. The van der Waals surface area contributed by atoms with Crippen LogP contribution in [0.4, 0.5) is 0 Å². The highest BCUT2D eigenvalue weighted by Gasteiger charge is 2.25. The van der Waals surface area contributed by atoms with Crippen molar-refractivity contribution >= 4 is 5.97 Å². The number of hydrogen-bond acceptors (Lipinski definition) is 7. The Morgan fingerprint density at radius 3 is 1.29 bits per heavy atom. The van der Waals surface area contributed by atoms with Crippen LogP contribution in [0, 0.1) is 0 Å². The van der Waals surface area contributed by atoms with Gasteiger partial charge in [0, 0.05) is 26.1 Å². The second kappa shape index (κ2) is 51.7. The molecule has 1 N–H and O–H groups in total. The van der Waals surface area contributed by atoms with Gasteiger partial charge in [-0.25, -0.2) is 0 Å². The van der Waals surface area contributed by atoms with Crippen molar-refractivity contribution in [2.45, 2.75) is 271 Å². The Labute approximate surface area is 405 Å². The summed E-state index contributed by atoms with van der Waals surface area (Å²) in [5.74, 6) is 0.746. The largest absolute Gasteiger partial charge is 0.496 e. The fourth-order valence-corrected chi connectivity index (χ4v) is 8.68. The minimum Gasteiger partial charge on any atom is -0.496 e. The topological polar surface area (TPSA) is 77.5 Å². The van der Waals surface area contributed by atoms with E-state index in [1.54, 1.807) is 0 Å². The predicted octanol–water partition coefficient (Wildman–Crippen LogP) is 16.8. The van der Waals surface area contributed by atoms with Crippen LogP contribution >= 0.6 is 0 Å². The highest BCUT2D eigenvalue weighted by atomic mass is 16.6. The molecule has 0 aliphatic carbocycles. The van der Waals surface area contributed by atoms with Crippen LogP contribution < -0.4 is 0 Å². The van der Waals surface area contributed by atoms with E-state index in [-0.39, 0.29) is 5.97 Å². The maximum Gasteiger partial charge on any atom is 0.305 e. The summed E-state index contributed by atoms with van der Waals surface area (Å²) < 4.78 is 23.1. The molecule has 0 aliphatic rings. The van der Waals surface area contributed by atoms with Crippen molar-refractivity contribution < 1.29 is 28.8 Å². The fraction of sp³-hybridized carbons (Fsp3) is 0.879. The van der Waals surface area contributed by atoms with Crippen LogP contribution in [-0.2, 0) is 23.7 Å². The van der Waals surface area contributed by atoms with E-state index in [9.17, 15) is 9.90 Å². The summed E-state index contributed by atoms with van der Waals surface area (Å²) in [6, 6.07) is 0. The van der Waals surface area contributed by atoms with Gasteiger partial charge in [0.1, 0.15) is 13.2 Å². The maximum atomic E-state index is 12.2. The van der Waals surface area contributed by atoms with Crippen molar-refractivity contribution in [3.8, 4) is 0 Å². The van der Waals surface area contributed by atoms with Gasteiger partial charge in [0.15, 0.2) is 0 Å². The van der Waals surface area contributed by atoms with E-state index in [4.69, 9.17) is 18.9 Å². The van der Waals surface area contributed by atoms with Gasteiger partial charge in [-0.15, -0.1) is 0 Å². The summed E-state index contributed by atoms with van der Waals surface area (Å²) in [6.45, 7) is 19.5. The Morgan fingerprint density at radius 1 is 0.431 bits per heavy atom. The zero-order valence-electron chi connectivity index (χ0n) is 44.0. The van der Waals surface area contributed by atoms with E-state index in [1.807, 2.05) is 0 Å². The molecule has 0 aromatic heterocycles. The van der Waals surface area contributed by atoms with Gasteiger partial charge in [0.05, 0.1) is 24.6 Å². The SMILES string of the molecule is C=C(CCCCCCC/C=C\CCCCCCCC)OCCOCCCC(O)(CCCCN(CCC)CCC)CCCOCCOC(=O)CCCCCCC/C=C\CCCCCCCC. The lowest BCUT2D eigenvalue weighted by atomic mass is 9.87. The Kier molecular flexibility index (Phi) is 50.4. The molecule has 0 rings (SSSR count). The molecule has 0 radical (unpaired) electrons. The molecule has 0 fully saturated rings. The first-order valence-corrected chi connectivity index (χ1v) is 28.3. The molecule has 0 amide bonds. The first kappa shape index (κ1) is 63.3. The molecule has 0 saturated heterocycles. The van der Waals surface area contributed by atoms with E-state index in [2.05, 4.69) is 63.5 Å². The second-order valence-corrected chi connectivity index (χ2v) is 19.2. The average Bonchev–Trinajstić information content (AvgIpc) is 3.30. The summed E-state index contributed by atoms with van der Waals surface area (Å²) in [5.41, 5.74) is -0.724. The van der Waals surface area contributed by atoms with Gasteiger partial charge in [-0.05, 0) is 142 Å². The highest BCUT2D eigenvalue weighted by molar-refractivity contribution is 5.69. The molecule has 0 saturated carbocycles. The summed E-state index contributed by atoms with van der Waals surface area (Å²) in [6.07, 6.45) is 52.4. The van der Waals surface area contributed by atoms with Crippen molar-refractivity contribution in [1.29, 1.82) is 0 Å². The standard InChI is InChI=1S/C58H111NO6/c1-6-10-12-14-16-18-20-22-24-26-28-30-32-34-36-42-56(5)64-54-52-62-50-40-45-58(61,44-38-39-49-59(47-8-3)48-9-4)46-41-51-63-53-55-65-57(60)43-37-35-33-31-29-27-25-23-21-19-17-15-13-11-7-2/h22-25,61H,5-21,26-55H2,1-4H3/b24-22-,25-23-. The number of rotatable bonds is 54. The number of carbonyl (C=O) groups excluding carboxylic acids is 1. The second-order valence-electron chi connectivity index (χ2n) is 19.2. The molecule has 0 aromatic carbocycles. The number of ether oxygens (including phenoxy) is 4. The summed E-state index contributed by atoms with van der Waals surface area (Å²) in [7, 11) is 0. The lowest BCUT2D eigenvalue weighted by Gasteiger charge is -2.29. The number of nitrogens with zero attached hydrogens (tertiary/aromatic N) is 1. The van der Waals surface area contributed by atoms with Gasteiger partial charge in [-0.3, -0.25) is 4.79 Å². The predicted molar refractivity (Wildman–Crippen MR) is 281 cm³/mol. The monoisotopic (exact) mass is 918 g/mol. The van der Waals surface area contributed by atoms with Gasteiger partial charge in [0.25, 0.3) is 0 Å². The molecule has 65 heavy (non-hydrogen) atoms. The summed E-state index contributed by atoms with van der Waals surface area (Å²) in [4.78, 5) is 14.8. The van der Waals surface area contributed by atoms with Gasteiger partial charge in [-0.2, -0.15) is 0 Å². The minimum absolute atomic E-state index is 0.121. The molecule has 0 heterocycles. The maximum absolute atomic E-state index is 12.2. The molecule has 384 valence electrons. The average molecular weight is 919 g/mol. The summed E-state index contributed by atoms with van der Waals surface area (Å²) in [5, 5.41) is 11.8. The highest BCUT2D eigenvalue weighted by Crippen LogP contribution is 2.26. The van der Waals surface area contributed by atoms with E-state index < -0.39 is 5.60 Å². The van der Waals surface area contributed by atoms with Gasteiger partial charge < -0.3 is 29.0 Å². The minimum atomic E-state index is -0.724. The third kappa shape index (κ3) is 48.6. The van der Waals surface area contributed by atoms with Crippen LogP contribution in [0.15, 0.2) is 36.6 Å². The van der Waals surface area contributed by atoms with Crippen LogP contribution in [0.5, 0.6) is 0 Å². The van der Waals surface area contributed by atoms with Crippen molar-refractivity contribution in [2.24, 2.45) is 0 Å². The van der Waals surface area contributed by atoms with Crippen LogP contribution in [-0.4, -0.2) is 80.9 Å². The zero-order valence-corrected chi connectivity index (χ0v) is 44.0. The number of carbonyl (C=O) groups is 1. The molecular formula is C58H111NO6. The van der Waals surface area contributed by atoms with Crippen molar-refractivity contribution in [1.82, 2.24) is 4.90 Å². The molecule has 0 spiro atoms. The number of esters is 1. The van der Waals surface area contributed by atoms with Crippen LogP contribution in [0.25, 0.3) is 0 Å². The third-order valence-corrected chi connectivity index (χ3v) is 12.7. The third-order valence-electron chi connectivity index (χ3n) is 12.7. The Morgan fingerprint density at radius 2 is 0.831 bits per heavy atom. The Balaban J connectivity index is 4.15. The molecule has 0 aliphatic heterocycles. The van der Waals surface area contributed by atoms with E-state index in [0.717, 1.165) is 89.6 Å². The lowest BCUT2D eigenvalue weighted by molar-refractivity contribution is -0.145. The first-order chi connectivity index (χ1) is 31.9. The van der Waals surface area contributed by atoms with Crippen molar-refractivity contribution in [2.75, 3.05) is 59.3 Å². The van der Waals surface area contributed by atoms with E-state index >= 15 is 0 Å². The number of unbranched alkanes of at least 4 members (excludes halogenated alkanes) is 23. The number of allylic oxidation sites excluding steroid dienone is 5. The molecular weight excluding hydrogens is 807 g/mol. The van der Waals surface area contributed by atoms with E-state index in [0.29, 0.717) is 52.5 Å². The van der Waals surface area contributed by atoms with Crippen LogP contribution in [0.3, 0.4) is 0 Å². The number of hydrogen-bond donors (Lipinski definition) is 1. The van der Waals surface area contributed by atoms with Crippen molar-refractivity contribution in [3.05, 3.63) is 36.6 Å². The quantitative estimate of drug-likeness (QED) is 0.0282. The van der Waals surface area contributed by atoms with Gasteiger partial charge in [0.2, 0.25) is 0 Å². The van der Waals surface area contributed by atoms with Gasteiger partial charge >= 0.3 is 5.97 Å².